The number of ether oxygens (including phenoxy) is 1. The van der Waals surface area contributed by atoms with Crippen LogP contribution < -0.4 is 4.74 Å². The molecular weight excluding hydrogens is 486 g/mol. The Morgan fingerprint density at radius 1 is 1.18 bits per heavy atom. The Labute approximate surface area is 200 Å². The van der Waals surface area contributed by atoms with Crippen molar-refractivity contribution in [1.29, 1.82) is 0 Å². The number of aliphatic hydroxyl groups is 1. The molecule has 3 aromatic rings. The van der Waals surface area contributed by atoms with Gasteiger partial charge in [0, 0.05) is 15.9 Å². The quantitative estimate of drug-likeness (QED) is 0.405. The maximum absolute atomic E-state index is 13.7. The average molecular weight is 510 g/mol. The van der Waals surface area contributed by atoms with E-state index in [2.05, 4.69) is 15.9 Å². The second-order valence-electron chi connectivity index (χ2n) is 8.44. The molecule has 1 aromatic heterocycles. The largest absolute Gasteiger partial charge is 0.503 e. The van der Waals surface area contributed by atoms with Crippen LogP contribution in [0.2, 0.25) is 0 Å². The second kappa shape index (κ2) is 8.71. The van der Waals surface area contributed by atoms with E-state index in [0.717, 1.165) is 41.1 Å². The molecular formula is C26H24BrNO5. The first-order chi connectivity index (χ1) is 16.0. The lowest BCUT2D eigenvalue weighted by Gasteiger charge is -2.32. The molecule has 1 aliphatic carbocycles. The molecule has 7 heteroatoms. The van der Waals surface area contributed by atoms with Crippen molar-refractivity contribution < 1.29 is 23.8 Å². The molecule has 1 aliphatic heterocycles. The van der Waals surface area contributed by atoms with Crippen LogP contribution in [0, 0.1) is 0 Å². The number of hydrogen-bond acceptors (Lipinski definition) is 5. The van der Waals surface area contributed by atoms with E-state index < -0.39 is 23.5 Å². The molecule has 2 aromatic carbocycles. The lowest BCUT2D eigenvalue weighted by Crippen LogP contribution is -2.38. The highest BCUT2D eigenvalue weighted by Gasteiger charge is 2.47. The lowest BCUT2D eigenvalue weighted by atomic mass is 9.94. The van der Waals surface area contributed by atoms with E-state index in [-0.39, 0.29) is 17.4 Å². The Morgan fingerprint density at radius 3 is 2.73 bits per heavy atom. The molecule has 5 rings (SSSR count). The summed E-state index contributed by atoms with van der Waals surface area (Å²) in [5.74, 6) is -0.742. The van der Waals surface area contributed by atoms with E-state index in [1.54, 1.807) is 17.0 Å². The Balaban J connectivity index is 1.61. The molecule has 0 saturated heterocycles. The Kier molecular flexibility index (Phi) is 5.74. The minimum absolute atomic E-state index is 0.0303. The number of benzene rings is 2. The molecule has 0 spiro atoms. The first-order valence-electron chi connectivity index (χ1n) is 11.2. The highest BCUT2D eigenvalue weighted by atomic mass is 79.9. The number of rotatable bonds is 6. The lowest BCUT2D eigenvalue weighted by molar-refractivity contribution is -0.131. The topological polar surface area (TPSA) is 80.0 Å². The maximum atomic E-state index is 13.7. The Bertz CT molecular complexity index is 1270. The number of fused-ring (bicyclic) bond motifs is 1. The Morgan fingerprint density at radius 2 is 1.97 bits per heavy atom. The van der Waals surface area contributed by atoms with Crippen LogP contribution in [-0.2, 0) is 4.79 Å². The second-order valence-corrected chi connectivity index (χ2v) is 9.36. The molecule has 2 heterocycles. The van der Waals surface area contributed by atoms with E-state index >= 15 is 0 Å². The summed E-state index contributed by atoms with van der Waals surface area (Å²) in [5.41, 5.74) is 1.35. The number of carbonyl (C=O) groups is 2. The van der Waals surface area contributed by atoms with Gasteiger partial charge in [0.15, 0.2) is 11.5 Å². The van der Waals surface area contributed by atoms with Crippen LogP contribution in [-0.4, -0.2) is 34.3 Å². The number of furan rings is 1. The van der Waals surface area contributed by atoms with Gasteiger partial charge < -0.3 is 19.2 Å². The van der Waals surface area contributed by atoms with Gasteiger partial charge in [-0.1, -0.05) is 40.9 Å². The van der Waals surface area contributed by atoms with E-state index in [0.29, 0.717) is 17.9 Å². The fourth-order valence-electron chi connectivity index (χ4n) is 4.94. The third-order valence-electron chi connectivity index (χ3n) is 6.39. The van der Waals surface area contributed by atoms with Crippen LogP contribution in [0.4, 0.5) is 0 Å². The predicted octanol–water partition coefficient (Wildman–Crippen LogP) is 6.11. The van der Waals surface area contributed by atoms with Crippen LogP contribution in [0.5, 0.6) is 5.75 Å². The summed E-state index contributed by atoms with van der Waals surface area (Å²) in [4.78, 5) is 28.6. The van der Waals surface area contributed by atoms with Crippen molar-refractivity contribution >= 4 is 38.6 Å². The zero-order chi connectivity index (χ0) is 23.1. The van der Waals surface area contributed by atoms with Gasteiger partial charge in [-0.3, -0.25) is 9.59 Å². The van der Waals surface area contributed by atoms with Crippen molar-refractivity contribution in [2.45, 2.75) is 44.7 Å². The number of halogens is 1. The molecule has 170 valence electrons. The molecule has 1 N–H and O–H groups in total. The van der Waals surface area contributed by atoms with Gasteiger partial charge in [-0.05, 0) is 61.7 Å². The monoisotopic (exact) mass is 509 g/mol. The third kappa shape index (κ3) is 3.84. The Hall–Kier alpha value is -3.06. The van der Waals surface area contributed by atoms with Gasteiger partial charge in [-0.15, -0.1) is 0 Å². The van der Waals surface area contributed by atoms with Crippen molar-refractivity contribution in [2.24, 2.45) is 0 Å². The van der Waals surface area contributed by atoms with Crippen molar-refractivity contribution in [3.05, 3.63) is 75.7 Å². The van der Waals surface area contributed by atoms with Crippen LogP contribution in [0.1, 0.15) is 54.8 Å². The van der Waals surface area contributed by atoms with Gasteiger partial charge in [0.25, 0.3) is 5.91 Å². The van der Waals surface area contributed by atoms with Crippen LogP contribution in [0.3, 0.4) is 0 Å². The van der Waals surface area contributed by atoms with Gasteiger partial charge in [-0.25, -0.2) is 0 Å². The molecule has 1 amide bonds. The molecule has 0 bridgehead atoms. The van der Waals surface area contributed by atoms with Crippen molar-refractivity contribution in [3.8, 4) is 5.75 Å². The number of Topliss-reactive ketones (excluding diaryl/α,β-unsaturated/α-hetero) is 1. The number of ketones is 1. The summed E-state index contributed by atoms with van der Waals surface area (Å²) in [5, 5.41) is 11.7. The van der Waals surface area contributed by atoms with Gasteiger partial charge in [0.05, 0.1) is 18.2 Å². The SMILES string of the molecule is CCOc1cccc(C2C(C(=O)c3cc4cc(Br)ccc4o3)=C(O)C(=O)N2C2CCCC2)c1. The fourth-order valence-corrected chi connectivity index (χ4v) is 5.32. The third-order valence-corrected chi connectivity index (χ3v) is 6.89. The summed E-state index contributed by atoms with van der Waals surface area (Å²) < 4.78 is 12.3. The number of carbonyl (C=O) groups excluding carboxylic acids is 2. The fraction of sp³-hybridized carbons (Fsp3) is 0.308. The van der Waals surface area contributed by atoms with Gasteiger partial charge in [0.1, 0.15) is 11.3 Å². The highest BCUT2D eigenvalue weighted by molar-refractivity contribution is 9.10. The van der Waals surface area contributed by atoms with Crippen LogP contribution in [0.15, 0.2) is 68.8 Å². The minimum Gasteiger partial charge on any atom is -0.503 e. The molecule has 6 nitrogen and oxygen atoms in total. The van der Waals surface area contributed by atoms with Crippen LogP contribution in [0.25, 0.3) is 11.0 Å². The molecule has 33 heavy (non-hydrogen) atoms. The number of amides is 1. The molecule has 1 saturated carbocycles. The molecule has 1 unspecified atom stereocenters. The number of aliphatic hydroxyl groups excluding tert-OH is 1. The maximum Gasteiger partial charge on any atom is 0.290 e. The standard InChI is InChI=1S/C26H24BrNO5/c1-2-32-19-9-5-6-15(13-19)23-22(25(30)26(31)28(23)18-7-3-4-8-18)24(29)21-14-16-12-17(27)10-11-20(16)33-21/h5-6,9-14,18,23,30H,2-4,7-8H2,1H3. The first kappa shape index (κ1) is 21.8. The average Bonchev–Trinajstić information content (AvgIpc) is 3.52. The van der Waals surface area contributed by atoms with E-state index in [9.17, 15) is 14.7 Å². The molecule has 1 fully saturated rings. The highest BCUT2D eigenvalue weighted by Crippen LogP contribution is 2.44. The van der Waals surface area contributed by atoms with Crippen LogP contribution >= 0.6 is 15.9 Å². The molecule has 1 atom stereocenters. The first-order valence-corrected chi connectivity index (χ1v) is 12.0. The zero-order valence-corrected chi connectivity index (χ0v) is 19.8. The molecule has 0 radical (unpaired) electrons. The summed E-state index contributed by atoms with van der Waals surface area (Å²) in [6, 6.07) is 13.8. The smallest absolute Gasteiger partial charge is 0.290 e. The van der Waals surface area contributed by atoms with Gasteiger partial charge in [-0.2, -0.15) is 0 Å². The predicted molar refractivity (Wildman–Crippen MR) is 127 cm³/mol. The van der Waals surface area contributed by atoms with Crippen molar-refractivity contribution in [1.82, 2.24) is 4.90 Å². The number of hydrogen-bond donors (Lipinski definition) is 1. The molecule has 2 aliphatic rings. The summed E-state index contributed by atoms with van der Waals surface area (Å²) in [7, 11) is 0. The van der Waals surface area contributed by atoms with Crippen molar-refractivity contribution in [3.63, 3.8) is 0 Å². The van der Waals surface area contributed by atoms with E-state index in [1.165, 1.54) is 0 Å². The zero-order valence-electron chi connectivity index (χ0n) is 18.2. The summed E-state index contributed by atoms with van der Waals surface area (Å²) in [6.45, 7) is 2.40. The van der Waals surface area contributed by atoms with Gasteiger partial charge in [0.2, 0.25) is 5.78 Å². The number of nitrogens with zero attached hydrogens (tertiary/aromatic N) is 1. The summed E-state index contributed by atoms with van der Waals surface area (Å²) >= 11 is 3.43. The van der Waals surface area contributed by atoms with Crippen molar-refractivity contribution in [2.75, 3.05) is 6.61 Å². The summed E-state index contributed by atoms with van der Waals surface area (Å²) in [6.07, 6.45) is 3.73. The minimum atomic E-state index is -0.701. The van der Waals surface area contributed by atoms with E-state index in [4.69, 9.17) is 9.15 Å². The van der Waals surface area contributed by atoms with Gasteiger partial charge >= 0.3 is 0 Å². The van der Waals surface area contributed by atoms with E-state index in [1.807, 2.05) is 43.3 Å². The normalized spacial score (nSPS) is 19.2.